The third kappa shape index (κ3) is 2.67. The van der Waals surface area contributed by atoms with Crippen molar-refractivity contribution in [3.8, 4) is 0 Å². The molecular formula is C7H7BrN2O. The summed E-state index contributed by atoms with van der Waals surface area (Å²) in [4.78, 5) is 4.42. The normalized spacial score (nSPS) is 10.4. The second-order valence-corrected chi connectivity index (χ2v) is 2.76. The zero-order valence-corrected chi connectivity index (χ0v) is 7.58. The van der Waals surface area contributed by atoms with Crippen LogP contribution in [-0.2, 0) is 4.84 Å². The monoisotopic (exact) mass is 214 g/mol. The first-order valence-corrected chi connectivity index (χ1v) is 3.82. The Morgan fingerprint density at radius 1 is 1.27 bits per heavy atom. The lowest BCUT2D eigenvalue weighted by Crippen LogP contribution is -1.65. The highest BCUT2D eigenvalue weighted by Gasteiger charge is 1.87. The van der Waals surface area contributed by atoms with Gasteiger partial charge in [-0.3, -0.25) is 0 Å². The Balaban J connectivity index is 2.73. The molecule has 0 N–H and O–H groups in total. The molecule has 1 aromatic carbocycles. The van der Waals surface area contributed by atoms with Crippen LogP contribution >= 0.6 is 15.9 Å². The van der Waals surface area contributed by atoms with Crippen LogP contribution in [-0.4, -0.2) is 7.11 Å². The highest BCUT2D eigenvalue weighted by atomic mass is 79.9. The standard InChI is InChI=1S/C7H7BrN2O/c1-11-10-9-7-4-2-6(8)3-5-7/h2-5H,1H3. The van der Waals surface area contributed by atoms with Crippen molar-refractivity contribution < 1.29 is 4.84 Å². The van der Waals surface area contributed by atoms with E-state index in [1.165, 1.54) is 7.11 Å². The number of benzene rings is 1. The molecule has 0 saturated carbocycles. The Morgan fingerprint density at radius 3 is 2.45 bits per heavy atom. The van der Waals surface area contributed by atoms with Gasteiger partial charge in [0.2, 0.25) is 0 Å². The van der Waals surface area contributed by atoms with Gasteiger partial charge in [-0.1, -0.05) is 15.9 Å². The maximum Gasteiger partial charge on any atom is 0.108 e. The second kappa shape index (κ2) is 4.08. The number of nitrogens with zero attached hydrogens (tertiary/aromatic N) is 2. The third-order valence-electron chi connectivity index (χ3n) is 1.06. The van der Waals surface area contributed by atoms with Crippen molar-refractivity contribution in [2.24, 2.45) is 10.4 Å². The van der Waals surface area contributed by atoms with E-state index in [9.17, 15) is 0 Å². The SMILES string of the molecule is CON=Nc1ccc(Br)cc1. The molecule has 0 aliphatic heterocycles. The summed E-state index contributed by atoms with van der Waals surface area (Å²) in [5.41, 5.74) is 0.773. The Hall–Kier alpha value is -0.900. The first-order chi connectivity index (χ1) is 5.33. The number of hydrogen-bond acceptors (Lipinski definition) is 3. The lowest BCUT2D eigenvalue weighted by Gasteiger charge is -1.90. The summed E-state index contributed by atoms with van der Waals surface area (Å²) in [7, 11) is 1.46. The van der Waals surface area contributed by atoms with Gasteiger partial charge in [-0.2, -0.15) is 0 Å². The van der Waals surface area contributed by atoms with Crippen molar-refractivity contribution in [3.05, 3.63) is 28.7 Å². The van der Waals surface area contributed by atoms with Gasteiger partial charge in [0.15, 0.2) is 0 Å². The van der Waals surface area contributed by atoms with Crippen LogP contribution in [0.25, 0.3) is 0 Å². The molecule has 0 saturated heterocycles. The molecule has 0 unspecified atom stereocenters. The van der Waals surface area contributed by atoms with Crippen LogP contribution in [0.4, 0.5) is 5.69 Å². The summed E-state index contributed by atoms with van der Waals surface area (Å²) in [5, 5.41) is 7.13. The van der Waals surface area contributed by atoms with Crippen molar-refractivity contribution >= 4 is 21.6 Å². The predicted octanol–water partition coefficient (Wildman–Crippen LogP) is 3.09. The van der Waals surface area contributed by atoms with Gasteiger partial charge in [-0.05, 0) is 24.3 Å². The van der Waals surface area contributed by atoms with Gasteiger partial charge in [-0.15, -0.1) is 5.11 Å². The van der Waals surface area contributed by atoms with Gasteiger partial charge in [0, 0.05) is 9.75 Å². The summed E-state index contributed by atoms with van der Waals surface area (Å²) in [6.07, 6.45) is 0. The Bertz CT molecular complexity index is 245. The molecule has 1 aromatic rings. The van der Waals surface area contributed by atoms with E-state index in [1.54, 1.807) is 0 Å². The number of hydrogen-bond donors (Lipinski definition) is 0. The average molecular weight is 215 g/mol. The molecule has 0 bridgehead atoms. The third-order valence-corrected chi connectivity index (χ3v) is 1.59. The molecule has 0 aliphatic rings. The zero-order valence-electron chi connectivity index (χ0n) is 5.99. The first kappa shape index (κ1) is 8.20. The van der Waals surface area contributed by atoms with Crippen molar-refractivity contribution in [3.63, 3.8) is 0 Å². The lowest BCUT2D eigenvalue weighted by atomic mass is 10.3. The van der Waals surface area contributed by atoms with E-state index in [4.69, 9.17) is 0 Å². The van der Waals surface area contributed by atoms with Gasteiger partial charge in [-0.25, -0.2) is 0 Å². The fourth-order valence-corrected chi connectivity index (χ4v) is 0.860. The Morgan fingerprint density at radius 2 is 1.91 bits per heavy atom. The largest absolute Gasteiger partial charge is 0.383 e. The van der Waals surface area contributed by atoms with Gasteiger partial charge in [0.25, 0.3) is 0 Å². The number of rotatable bonds is 2. The highest BCUT2D eigenvalue weighted by Crippen LogP contribution is 2.16. The molecule has 3 nitrogen and oxygen atoms in total. The van der Waals surface area contributed by atoms with E-state index in [0.717, 1.165) is 10.2 Å². The fraction of sp³-hybridized carbons (Fsp3) is 0.143. The van der Waals surface area contributed by atoms with Crippen molar-refractivity contribution in [1.82, 2.24) is 0 Å². The summed E-state index contributed by atoms with van der Waals surface area (Å²) < 4.78 is 1.02. The highest BCUT2D eigenvalue weighted by molar-refractivity contribution is 9.10. The molecule has 0 spiro atoms. The summed E-state index contributed by atoms with van der Waals surface area (Å²) in [5.74, 6) is 0. The summed E-state index contributed by atoms with van der Waals surface area (Å²) in [6.45, 7) is 0. The Labute approximate surface area is 73.2 Å². The molecule has 58 valence electrons. The molecule has 0 heterocycles. The van der Waals surface area contributed by atoms with Crippen LogP contribution in [0.2, 0.25) is 0 Å². The van der Waals surface area contributed by atoms with Crippen LogP contribution in [0, 0.1) is 0 Å². The molecule has 1 rings (SSSR count). The van der Waals surface area contributed by atoms with Crippen LogP contribution in [0.3, 0.4) is 0 Å². The molecule has 4 heteroatoms. The van der Waals surface area contributed by atoms with Crippen LogP contribution in [0.1, 0.15) is 0 Å². The van der Waals surface area contributed by atoms with Crippen molar-refractivity contribution in [2.75, 3.05) is 7.11 Å². The average Bonchev–Trinajstić information content (AvgIpc) is 2.04. The minimum Gasteiger partial charge on any atom is -0.383 e. The molecule has 11 heavy (non-hydrogen) atoms. The molecule has 0 atom stereocenters. The second-order valence-electron chi connectivity index (χ2n) is 1.84. The molecular weight excluding hydrogens is 208 g/mol. The number of halogens is 1. The van der Waals surface area contributed by atoms with E-state index in [0.29, 0.717) is 0 Å². The van der Waals surface area contributed by atoms with E-state index in [1.807, 2.05) is 24.3 Å². The van der Waals surface area contributed by atoms with Crippen LogP contribution in [0.15, 0.2) is 39.1 Å². The fourth-order valence-electron chi connectivity index (χ4n) is 0.596. The summed E-state index contributed by atoms with van der Waals surface area (Å²) >= 11 is 3.31. The predicted molar refractivity (Wildman–Crippen MR) is 45.7 cm³/mol. The molecule has 0 amide bonds. The minimum atomic E-state index is 0.773. The van der Waals surface area contributed by atoms with Crippen LogP contribution in [0.5, 0.6) is 0 Å². The maximum absolute atomic E-state index is 4.42. The van der Waals surface area contributed by atoms with E-state index in [2.05, 4.69) is 31.2 Å². The molecule has 0 radical (unpaired) electrons. The van der Waals surface area contributed by atoms with Gasteiger partial charge >= 0.3 is 0 Å². The van der Waals surface area contributed by atoms with Gasteiger partial charge < -0.3 is 4.84 Å². The van der Waals surface area contributed by atoms with Crippen molar-refractivity contribution in [1.29, 1.82) is 0 Å². The van der Waals surface area contributed by atoms with Crippen molar-refractivity contribution in [2.45, 2.75) is 0 Å². The van der Waals surface area contributed by atoms with Gasteiger partial charge in [0.05, 0.1) is 5.69 Å². The van der Waals surface area contributed by atoms with Crippen LogP contribution < -0.4 is 0 Å². The minimum absolute atomic E-state index is 0.773. The Kier molecular flexibility index (Phi) is 3.04. The molecule has 0 fully saturated rings. The first-order valence-electron chi connectivity index (χ1n) is 3.02. The van der Waals surface area contributed by atoms with Gasteiger partial charge in [0.1, 0.15) is 7.11 Å². The smallest absolute Gasteiger partial charge is 0.108 e. The maximum atomic E-state index is 4.42. The quantitative estimate of drug-likeness (QED) is 0.551. The van der Waals surface area contributed by atoms with E-state index >= 15 is 0 Å². The topological polar surface area (TPSA) is 34.0 Å². The zero-order chi connectivity index (χ0) is 8.10. The molecule has 0 aliphatic carbocycles. The molecule has 0 aromatic heterocycles. The lowest BCUT2D eigenvalue weighted by molar-refractivity contribution is 0.190. The van der Waals surface area contributed by atoms with E-state index < -0.39 is 0 Å². The summed E-state index contributed by atoms with van der Waals surface area (Å²) in [6, 6.07) is 7.47. The van der Waals surface area contributed by atoms with E-state index in [-0.39, 0.29) is 0 Å².